The standard InChI is InChI=1S/C14H21NO3S/c1-11-4-6-13(7-5-11)19(16,17)18-10-12-8-14(2,9-12)15-3/h4-7,12,15H,8-10H2,1-3H3. The zero-order valence-corrected chi connectivity index (χ0v) is 12.5. The lowest BCUT2D eigenvalue weighted by Gasteiger charge is -2.44. The summed E-state index contributed by atoms with van der Waals surface area (Å²) >= 11 is 0. The van der Waals surface area contributed by atoms with E-state index in [4.69, 9.17) is 4.18 Å². The highest BCUT2D eigenvalue weighted by atomic mass is 32.2. The highest BCUT2D eigenvalue weighted by Gasteiger charge is 2.39. The van der Waals surface area contributed by atoms with Crippen molar-refractivity contribution >= 4 is 10.1 Å². The topological polar surface area (TPSA) is 55.4 Å². The molecular weight excluding hydrogens is 262 g/mol. The lowest BCUT2D eigenvalue weighted by atomic mass is 9.70. The van der Waals surface area contributed by atoms with Crippen molar-refractivity contribution in [2.45, 2.75) is 37.1 Å². The summed E-state index contributed by atoms with van der Waals surface area (Å²) in [5.41, 5.74) is 1.17. The normalized spacial score (nSPS) is 27.0. The number of nitrogens with one attached hydrogen (secondary N) is 1. The van der Waals surface area contributed by atoms with Crippen LogP contribution in [0.15, 0.2) is 29.2 Å². The maximum absolute atomic E-state index is 12.0. The molecule has 1 N–H and O–H groups in total. The highest BCUT2D eigenvalue weighted by molar-refractivity contribution is 7.86. The zero-order chi connectivity index (χ0) is 14.1. The fourth-order valence-electron chi connectivity index (χ4n) is 2.50. The maximum atomic E-state index is 12.0. The Kier molecular flexibility index (Phi) is 3.99. The molecule has 1 aliphatic carbocycles. The van der Waals surface area contributed by atoms with Crippen LogP contribution in [-0.4, -0.2) is 27.6 Å². The number of benzene rings is 1. The van der Waals surface area contributed by atoms with Gasteiger partial charge in [-0.05, 0) is 51.8 Å². The molecule has 0 atom stereocenters. The molecule has 2 rings (SSSR count). The van der Waals surface area contributed by atoms with Gasteiger partial charge in [-0.25, -0.2) is 0 Å². The molecule has 4 nitrogen and oxygen atoms in total. The van der Waals surface area contributed by atoms with Gasteiger partial charge in [0.05, 0.1) is 11.5 Å². The van der Waals surface area contributed by atoms with Crippen molar-refractivity contribution in [2.24, 2.45) is 5.92 Å². The number of aryl methyl sites for hydroxylation is 1. The minimum atomic E-state index is -3.61. The molecule has 0 amide bonds. The van der Waals surface area contributed by atoms with Crippen molar-refractivity contribution in [1.82, 2.24) is 5.32 Å². The summed E-state index contributed by atoms with van der Waals surface area (Å²) in [4.78, 5) is 0.230. The van der Waals surface area contributed by atoms with Crippen LogP contribution in [0.3, 0.4) is 0 Å². The van der Waals surface area contributed by atoms with Crippen molar-refractivity contribution in [3.63, 3.8) is 0 Å². The van der Waals surface area contributed by atoms with E-state index in [1.165, 1.54) is 0 Å². The van der Waals surface area contributed by atoms with Crippen molar-refractivity contribution in [1.29, 1.82) is 0 Å². The Morgan fingerprint density at radius 3 is 2.42 bits per heavy atom. The molecule has 0 aromatic heterocycles. The second kappa shape index (κ2) is 5.23. The molecule has 5 heteroatoms. The minimum absolute atomic E-state index is 0.141. The first-order valence-corrected chi connectivity index (χ1v) is 7.90. The molecule has 1 aromatic rings. The SMILES string of the molecule is CNC1(C)CC(COS(=O)(=O)c2ccc(C)cc2)C1. The number of rotatable bonds is 5. The van der Waals surface area contributed by atoms with Gasteiger partial charge < -0.3 is 5.32 Å². The Morgan fingerprint density at radius 2 is 1.89 bits per heavy atom. The van der Waals surface area contributed by atoms with Gasteiger partial charge in [-0.2, -0.15) is 8.42 Å². The molecule has 0 aliphatic heterocycles. The van der Waals surface area contributed by atoms with E-state index >= 15 is 0 Å². The molecule has 0 saturated heterocycles. The van der Waals surface area contributed by atoms with Gasteiger partial charge in [-0.1, -0.05) is 17.7 Å². The minimum Gasteiger partial charge on any atom is -0.315 e. The molecular formula is C14H21NO3S. The smallest absolute Gasteiger partial charge is 0.296 e. The predicted molar refractivity (Wildman–Crippen MR) is 74.5 cm³/mol. The first kappa shape index (κ1) is 14.5. The van der Waals surface area contributed by atoms with Crippen molar-refractivity contribution in [3.8, 4) is 0 Å². The predicted octanol–water partition coefficient (Wildman–Crippen LogP) is 2.09. The average molecular weight is 283 g/mol. The van der Waals surface area contributed by atoms with Crippen LogP contribution in [0.5, 0.6) is 0 Å². The highest BCUT2D eigenvalue weighted by Crippen LogP contribution is 2.37. The average Bonchev–Trinajstić information content (AvgIpc) is 2.34. The van der Waals surface area contributed by atoms with Gasteiger partial charge in [0.25, 0.3) is 10.1 Å². The lowest BCUT2D eigenvalue weighted by molar-refractivity contribution is 0.0850. The van der Waals surface area contributed by atoms with Gasteiger partial charge in [0, 0.05) is 5.54 Å². The molecule has 1 saturated carbocycles. The molecule has 0 radical (unpaired) electrons. The van der Waals surface area contributed by atoms with Gasteiger partial charge in [0.2, 0.25) is 0 Å². The van der Waals surface area contributed by atoms with Gasteiger partial charge in [0.1, 0.15) is 0 Å². The Hall–Kier alpha value is -0.910. The summed E-state index contributed by atoms with van der Waals surface area (Å²) < 4.78 is 29.1. The van der Waals surface area contributed by atoms with Gasteiger partial charge in [0.15, 0.2) is 0 Å². The summed E-state index contributed by atoms with van der Waals surface area (Å²) in [5, 5.41) is 3.24. The molecule has 1 aromatic carbocycles. The Labute approximate surface area is 115 Å². The Bertz CT molecular complexity index is 530. The largest absolute Gasteiger partial charge is 0.315 e. The summed E-state index contributed by atoms with van der Waals surface area (Å²) in [7, 11) is -1.68. The van der Waals surface area contributed by atoms with E-state index in [0.29, 0.717) is 5.92 Å². The fourth-order valence-corrected chi connectivity index (χ4v) is 3.47. The first-order chi connectivity index (χ1) is 8.85. The van der Waals surface area contributed by atoms with Crippen LogP contribution < -0.4 is 5.32 Å². The quantitative estimate of drug-likeness (QED) is 0.841. The molecule has 0 heterocycles. The first-order valence-electron chi connectivity index (χ1n) is 6.50. The maximum Gasteiger partial charge on any atom is 0.296 e. The van der Waals surface area contributed by atoms with Crippen LogP contribution in [0.4, 0.5) is 0 Å². The molecule has 0 spiro atoms. The zero-order valence-electron chi connectivity index (χ0n) is 11.6. The third-order valence-corrected chi connectivity index (χ3v) is 5.15. The summed E-state index contributed by atoms with van der Waals surface area (Å²) in [6, 6.07) is 6.72. The van der Waals surface area contributed by atoms with Crippen LogP contribution in [0, 0.1) is 12.8 Å². The fraction of sp³-hybridized carbons (Fsp3) is 0.571. The number of hydrogen-bond donors (Lipinski definition) is 1. The van der Waals surface area contributed by atoms with E-state index in [2.05, 4.69) is 12.2 Å². The monoisotopic (exact) mass is 283 g/mol. The Morgan fingerprint density at radius 1 is 1.32 bits per heavy atom. The van der Waals surface area contributed by atoms with Gasteiger partial charge >= 0.3 is 0 Å². The molecule has 0 bridgehead atoms. The third kappa shape index (κ3) is 3.35. The van der Waals surface area contributed by atoms with E-state index in [0.717, 1.165) is 18.4 Å². The van der Waals surface area contributed by atoms with E-state index in [1.807, 2.05) is 14.0 Å². The van der Waals surface area contributed by atoms with E-state index in [1.54, 1.807) is 24.3 Å². The Balaban J connectivity index is 1.91. The molecule has 106 valence electrons. The molecule has 1 fully saturated rings. The second-order valence-electron chi connectivity index (χ2n) is 5.64. The van der Waals surface area contributed by atoms with Crippen LogP contribution >= 0.6 is 0 Å². The van der Waals surface area contributed by atoms with Gasteiger partial charge in [-0.3, -0.25) is 4.18 Å². The summed E-state index contributed by atoms with van der Waals surface area (Å²) in [6.07, 6.45) is 1.90. The summed E-state index contributed by atoms with van der Waals surface area (Å²) in [6.45, 7) is 4.33. The van der Waals surface area contributed by atoms with E-state index in [9.17, 15) is 8.42 Å². The third-order valence-electron chi connectivity index (χ3n) is 3.85. The van der Waals surface area contributed by atoms with Gasteiger partial charge in [-0.15, -0.1) is 0 Å². The van der Waals surface area contributed by atoms with Crippen molar-refractivity contribution in [3.05, 3.63) is 29.8 Å². The van der Waals surface area contributed by atoms with Crippen LogP contribution in [-0.2, 0) is 14.3 Å². The van der Waals surface area contributed by atoms with Crippen LogP contribution in [0.25, 0.3) is 0 Å². The van der Waals surface area contributed by atoms with Crippen LogP contribution in [0.1, 0.15) is 25.3 Å². The van der Waals surface area contributed by atoms with Crippen molar-refractivity contribution < 1.29 is 12.6 Å². The van der Waals surface area contributed by atoms with Crippen LogP contribution in [0.2, 0.25) is 0 Å². The second-order valence-corrected chi connectivity index (χ2v) is 7.25. The van der Waals surface area contributed by atoms with E-state index in [-0.39, 0.29) is 17.0 Å². The van der Waals surface area contributed by atoms with Crippen molar-refractivity contribution in [2.75, 3.05) is 13.7 Å². The lowest BCUT2D eigenvalue weighted by Crippen LogP contribution is -2.52. The summed E-state index contributed by atoms with van der Waals surface area (Å²) in [5.74, 6) is 0.317. The van der Waals surface area contributed by atoms with E-state index < -0.39 is 10.1 Å². The number of hydrogen-bond acceptors (Lipinski definition) is 4. The molecule has 19 heavy (non-hydrogen) atoms. The molecule has 1 aliphatic rings. The molecule has 0 unspecified atom stereocenters.